The summed E-state index contributed by atoms with van der Waals surface area (Å²) in [6.45, 7) is 1.75. The molecule has 0 amide bonds. The van der Waals surface area contributed by atoms with Crippen molar-refractivity contribution in [1.82, 2.24) is 0 Å². The lowest BCUT2D eigenvalue weighted by Crippen LogP contribution is -2.47. The van der Waals surface area contributed by atoms with E-state index in [0.29, 0.717) is 0 Å². The summed E-state index contributed by atoms with van der Waals surface area (Å²) >= 11 is 0. The molecule has 0 aromatic rings. The Morgan fingerprint density at radius 2 is 2.27 bits per heavy atom. The average Bonchev–Trinajstić information content (AvgIpc) is 1.95. The van der Waals surface area contributed by atoms with Crippen molar-refractivity contribution < 1.29 is 9.90 Å². The van der Waals surface area contributed by atoms with Crippen LogP contribution in [0.4, 0.5) is 0 Å². The van der Waals surface area contributed by atoms with Crippen molar-refractivity contribution in [3.05, 3.63) is 0 Å². The fourth-order valence-electron chi connectivity index (χ4n) is 1.63. The quantitative estimate of drug-likeness (QED) is 0.596. The van der Waals surface area contributed by atoms with Crippen molar-refractivity contribution in [3.63, 3.8) is 0 Å². The van der Waals surface area contributed by atoms with Crippen LogP contribution in [0.25, 0.3) is 0 Å². The molecule has 0 spiro atoms. The molecule has 1 aliphatic carbocycles. The van der Waals surface area contributed by atoms with Crippen LogP contribution in [0.2, 0.25) is 0 Å². The highest BCUT2D eigenvalue weighted by Crippen LogP contribution is 2.34. The van der Waals surface area contributed by atoms with Gasteiger partial charge in [0.2, 0.25) is 0 Å². The fraction of sp³-hybridized carbons (Fsp3) is 0.875. The monoisotopic (exact) mass is 157 g/mol. The van der Waals surface area contributed by atoms with Gasteiger partial charge in [0.15, 0.2) is 0 Å². The lowest BCUT2D eigenvalue weighted by atomic mass is 9.72. The van der Waals surface area contributed by atoms with Crippen molar-refractivity contribution in [2.45, 2.75) is 38.6 Å². The Bertz CT molecular complexity index is 169. The summed E-state index contributed by atoms with van der Waals surface area (Å²) in [5.41, 5.74) is 5.06. The third kappa shape index (κ3) is 1.38. The Kier molecular flexibility index (Phi) is 2.18. The SMILES string of the molecule is C[C@]1(C(=O)O)CCCCC1N. The van der Waals surface area contributed by atoms with Crippen LogP contribution in [0, 0.1) is 5.41 Å². The summed E-state index contributed by atoms with van der Waals surface area (Å²) in [6, 6.07) is -0.159. The van der Waals surface area contributed by atoms with E-state index in [1.165, 1.54) is 0 Å². The lowest BCUT2D eigenvalue weighted by molar-refractivity contribution is -0.150. The third-order valence-corrected chi connectivity index (χ3v) is 2.77. The highest BCUT2D eigenvalue weighted by atomic mass is 16.4. The first kappa shape index (κ1) is 8.53. The molecule has 11 heavy (non-hydrogen) atoms. The number of hydrogen-bond acceptors (Lipinski definition) is 2. The summed E-state index contributed by atoms with van der Waals surface area (Å²) in [5.74, 6) is -0.746. The minimum Gasteiger partial charge on any atom is -0.481 e. The molecule has 3 N–H and O–H groups in total. The normalized spacial score (nSPS) is 38.5. The van der Waals surface area contributed by atoms with Gasteiger partial charge in [0.05, 0.1) is 5.41 Å². The molecular formula is C8H15NO2. The Balaban J connectivity index is 2.72. The van der Waals surface area contributed by atoms with E-state index >= 15 is 0 Å². The van der Waals surface area contributed by atoms with Crippen LogP contribution in [-0.2, 0) is 4.79 Å². The molecule has 0 radical (unpaired) electrons. The molecule has 3 nitrogen and oxygen atoms in total. The molecule has 64 valence electrons. The zero-order valence-electron chi connectivity index (χ0n) is 6.84. The van der Waals surface area contributed by atoms with Crippen molar-refractivity contribution in [2.24, 2.45) is 11.1 Å². The molecule has 3 heteroatoms. The van der Waals surface area contributed by atoms with Gasteiger partial charge in [0.1, 0.15) is 0 Å². The van der Waals surface area contributed by atoms with Gasteiger partial charge in [-0.3, -0.25) is 4.79 Å². The molecule has 1 aliphatic rings. The second-order valence-corrected chi connectivity index (χ2v) is 3.57. The van der Waals surface area contributed by atoms with Crippen LogP contribution in [-0.4, -0.2) is 17.1 Å². The molecule has 1 saturated carbocycles. The zero-order chi connectivity index (χ0) is 8.48. The Labute approximate surface area is 66.6 Å². The maximum absolute atomic E-state index is 10.8. The number of hydrogen-bond donors (Lipinski definition) is 2. The predicted octanol–water partition coefficient (Wildman–Crippen LogP) is 0.979. The van der Waals surface area contributed by atoms with Crippen LogP contribution >= 0.6 is 0 Å². The second-order valence-electron chi connectivity index (χ2n) is 3.57. The Morgan fingerprint density at radius 1 is 1.64 bits per heavy atom. The van der Waals surface area contributed by atoms with Crippen LogP contribution in [0.15, 0.2) is 0 Å². The van der Waals surface area contributed by atoms with Crippen molar-refractivity contribution in [2.75, 3.05) is 0 Å². The topological polar surface area (TPSA) is 63.3 Å². The van der Waals surface area contributed by atoms with E-state index in [1.807, 2.05) is 0 Å². The minimum absolute atomic E-state index is 0.159. The molecule has 1 rings (SSSR count). The van der Waals surface area contributed by atoms with Gasteiger partial charge in [0.25, 0.3) is 0 Å². The van der Waals surface area contributed by atoms with Gasteiger partial charge in [-0.1, -0.05) is 12.8 Å². The van der Waals surface area contributed by atoms with Crippen LogP contribution in [0.5, 0.6) is 0 Å². The molecule has 0 aromatic heterocycles. The summed E-state index contributed by atoms with van der Waals surface area (Å²) in [5, 5.41) is 8.89. The van der Waals surface area contributed by atoms with Crippen molar-refractivity contribution in [1.29, 1.82) is 0 Å². The number of aliphatic carboxylic acids is 1. The molecule has 1 unspecified atom stereocenters. The van der Waals surface area contributed by atoms with Gasteiger partial charge in [0, 0.05) is 6.04 Å². The van der Waals surface area contributed by atoms with Gasteiger partial charge in [-0.05, 0) is 19.8 Å². The largest absolute Gasteiger partial charge is 0.481 e. The van der Waals surface area contributed by atoms with E-state index in [2.05, 4.69) is 0 Å². The zero-order valence-corrected chi connectivity index (χ0v) is 6.84. The summed E-state index contributed by atoms with van der Waals surface area (Å²) in [6.07, 6.45) is 3.65. The first-order valence-electron chi connectivity index (χ1n) is 4.06. The summed E-state index contributed by atoms with van der Waals surface area (Å²) < 4.78 is 0. The van der Waals surface area contributed by atoms with Gasteiger partial charge >= 0.3 is 5.97 Å². The molecule has 1 fully saturated rings. The van der Waals surface area contributed by atoms with Crippen molar-refractivity contribution >= 4 is 5.97 Å². The number of rotatable bonds is 1. The predicted molar refractivity (Wildman–Crippen MR) is 42.2 cm³/mol. The minimum atomic E-state index is -0.746. The van der Waals surface area contributed by atoms with Gasteiger partial charge in [-0.15, -0.1) is 0 Å². The first-order chi connectivity index (χ1) is 5.07. The molecule has 0 aliphatic heterocycles. The molecular weight excluding hydrogens is 142 g/mol. The summed E-state index contributed by atoms with van der Waals surface area (Å²) in [7, 11) is 0. The van der Waals surface area contributed by atoms with Gasteiger partial charge in [-0.2, -0.15) is 0 Å². The summed E-state index contributed by atoms with van der Waals surface area (Å²) in [4.78, 5) is 10.8. The lowest BCUT2D eigenvalue weighted by Gasteiger charge is -2.35. The van der Waals surface area contributed by atoms with Crippen molar-refractivity contribution in [3.8, 4) is 0 Å². The van der Waals surface area contributed by atoms with E-state index in [1.54, 1.807) is 6.92 Å². The van der Waals surface area contributed by atoms with Crippen LogP contribution in [0.1, 0.15) is 32.6 Å². The average molecular weight is 157 g/mol. The van der Waals surface area contributed by atoms with Crippen LogP contribution < -0.4 is 5.73 Å². The fourth-order valence-corrected chi connectivity index (χ4v) is 1.63. The maximum Gasteiger partial charge on any atom is 0.310 e. The molecule has 0 aromatic carbocycles. The molecule has 0 heterocycles. The maximum atomic E-state index is 10.8. The van der Waals surface area contributed by atoms with E-state index in [0.717, 1.165) is 25.7 Å². The first-order valence-corrected chi connectivity index (χ1v) is 4.06. The Hall–Kier alpha value is -0.570. The van der Waals surface area contributed by atoms with Crippen LogP contribution in [0.3, 0.4) is 0 Å². The second kappa shape index (κ2) is 2.81. The molecule has 0 bridgehead atoms. The highest BCUT2D eigenvalue weighted by Gasteiger charge is 2.40. The Morgan fingerprint density at radius 3 is 2.64 bits per heavy atom. The van der Waals surface area contributed by atoms with E-state index in [9.17, 15) is 4.79 Å². The van der Waals surface area contributed by atoms with E-state index < -0.39 is 11.4 Å². The number of carbonyl (C=O) groups is 1. The number of carboxylic acids is 1. The standard InChI is InChI=1S/C8H15NO2/c1-8(7(10)11)5-3-2-4-6(8)9/h6H,2-5,9H2,1H3,(H,10,11)/t6?,8-/m0/s1. The number of nitrogens with two attached hydrogens (primary N) is 1. The third-order valence-electron chi connectivity index (χ3n) is 2.77. The molecule has 0 saturated heterocycles. The smallest absolute Gasteiger partial charge is 0.310 e. The number of carboxylic acid groups (broad SMARTS) is 1. The van der Waals surface area contributed by atoms with Gasteiger partial charge < -0.3 is 10.8 Å². The van der Waals surface area contributed by atoms with E-state index in [4.69, 9.17) is 10.8 Å². The van der Waals surface area contributed by atoms with Gasteiger partial charge in [-0.25, -0.2) is 0 Å². The molecule has 2 atom stereocenters. The highest BCUT2D eigenvalue weighted by molar-refractivity contribution is 5.75. The van der Waals surface area contributed by atoms with E-state index in [-0.39, 0.29) is 6.04 Å².